The van der Waals surface area contributed by atoms with Crippen LogP contribution >= 0.6 is 0 Å². The highest BCUT2D eigenvalue weighted by molar-refractivity contribution is 6.11. The Kier molecular flexibility index (Phi) is 6.50. The smallest absolute Gasteiger partial charge is 0.123 e. The first-order valence-corrected chi connectivity index (χ1v) is 14.7. The van der Waals surface area contributed by atoms with Crippen molar-refractivity contribution in [3.05, 3.63) is 163 Å². The summed E-state index contributed by atoms with van der Waals surface area (Å²) in [6.07, 6.45) is 0. The number of benzene rings is 7. The van der Waals surface area contributed by atoms with E-state index in [0.29, 0.717) is 0 Å². The van der Waals surface area contributed by atoms with Crippen LogP contribution in [0, 0.1) is 11.6 Å². The minimum absolute atomic E-state index is 0.238. The highest BCUT2D eigenvalue weighted by atomic mass is 19.1. The van der Waals surface area contributed by atoms with E-state index in [4.69, 9.17) is 10.2 Å². The van der Waals surface area contributed by atoms with Crippen LogP contribution in [0.25, 0.3) is 72.0 Å². The first-order chi connectivity index (χ1) is 22.1. The van der Waals surface area contributed by atoms with E-state index in [0.717, 1.165) is 72.0 Å². The topological polar surface area (TPSA) is 30.7 Å². The monoisotopic (exact) mass is 585 g/mol. The van der Waals surface area contributed by atoms with Crippen LogP contribution in [-0.4, -0.2) is 15.0 Å². The predicted octanol–water partition coefficient (Wildman–Crippen LogP) is 10.5. The number of hydrogen-bond donors (Lipinski definition) is 0. The zero-order valence-corrected chi connectivity index (χ0v) is 24.0. The van der Waals surface area contributed by atoms with Crippen LogP contribution in [0.4, 0.5) is 8.78 Å². The molecule has 0 spiro atoms. The van der Waals surface area contributed by atoms with Crippen molar-refractivity contribution in [2.24, 2.45) is 0 Å². The average molecular weight is 586 g/mol. The van der Waals surface area contributed by atoms with E-state index in [-0.39, 0.29) is 11.6 Å². The SMILES string of the molecule is Fc1ccc(-c2ccc(-c3ccc(-n4nc5cc(-c6ccc(-c7ccc(F)cc7)cc6)c6ccccc6c5n4)cc3)cc2)cc1. The molecule has 0 aliphatic carbocycles. The van der Waals surface area contributed by atoms with Gasteiger partial charge in [0.25, 0.3) is 0 Å². The van der Waals surface area contributed by atoms with E-state index in [1.807, 2.05) is 24.3 Å². The molecular weight excluding hydrogens is 560 g/mol. The van der Waals surface area contributed by atoms with E-state index in [1.54, 1.807) is 29.1 Å². The van der Waals surface area contributed by atoms with Crippen LogP contribution in [0.15, 0.2) is 152 Å². The van der Waals surface area contributed by atoms with Crippen LogP contribution in [0.5, 0.6) is 0 Å². The van der Waals surface area contributed by atoms with Gasteiger partial charge in [-0.3, -0.25) is 0 Å². The van der Waals surface area contributed by atoms with Crippen molar-refractivity contribution in [3.63, 3.8) is 0 Å². The zero-order chi connectivity index (χ0) is 30.3. The molecule has 0 fully saturated rings. The van der Waals surface area contributed by atoms with Gasteiger partial charge in [0, 0.05) is 5.39 Å². The molecule has 5 heteroatoms. The molecule has 8 aromatic rings. The molecule has 214 valence electrons. The highest BCUT2D eigenvalue weighted by Crippen LogP contribution is 2.35. The quantitative estimate of drug-likeness (QED) is 0.201. The lowest BCUT2D eigenvalue weighted by molar-refractivity contribution is 0.627. The summed E-state index contributed by atoms with van der Waals surface area (Å²) in [5, 5.41) is 11.9. The first kappa shape index (κ1) is 26.7. The van der Waals surface area contributed by atoms with E-state index in [9.17, 15) is 8.78 Å². The van der Waals surface area contributed by atoms with Crippen LogP contribution in [0.3, 0.4) is 0 Å². The summed E-state index contributed by atoms with van der Waals surface area (Å²) in [5.41, 5.74) is 10.9. The summed E-state index contributed by atoms with van der Waals surface area (Å²) < 4.78 is 26.7. The molecule has 0 atom stereocenters. The third-order valence-electron chi connectivity index (χ3n) is 8.26. The maximum absolute atomic E-state index is 13.4. The fraction of sp³-hybridized carbons (Fsp3) is 0. The van der Waals surface area contributed by atoms with Crippen LogP contribution in [0.1, 0.15) is 0 Å². The molecule has 3 nitrogen and oxygen atoms in total. The van der Waals surface area contributed by atoms with Gasteiger partial charge in [-0.05, 0) is 92.4 Å². The Balaban J connectivity index is 1.11. The lowest BCUT2D eigenvalue weighted by Crippen LogP contribution is -1.98. The minimum atomic E-state index is -0.242. The van der Waals surface area contributed by atoms with E-state index in [2.05, 4.69) is 78.9 Å². The van der Waals surface area contributed by atoms with E-state index in [1.165, 1.54) is 24.3 Å². The fourth-order valence-electron chi connectivity index (χ4n) is 5.87. The van der Waals surface area contributed by atoms with Gasteiger partial charge in [0.2, 0.25) is 0 Å². The van der Waals surface area contributed by atoms with Crippen molar-refractivity contribution in [2.75, 3.05) is 0 Å². The molecule has 0 N–H and O–H groups in total. The van der Waals surface area contributed by atoms with Crippen LogP contribution < -0.4 is 0 Å². The molecule has 0 aliphatic rings. The van der Waals surface area contributed by atoms with Gasteiger partial charge in [-0.25, -0.2) is 8.78 Å². The van der Waals surface area contributed by atoms with Gasteiger partial charge in [0.15, 0.2) is 0 Å². The van der Waals surface area contributed by atoms with Crippen LogP contribution in [-0.2, 0) is 0 Å². The van der Waals surface area contributed by atoms with Crippen LogP contribution in [0.2, 0.25) is 0 Å². The maximum atomic E-state index is 13.4. The third-order valence-corrected chi connectivity index (χ3v) is 8.26. The molecule has 0 saturated carbocycles. The van der Waals surface area contributed by atoms with Gasteiger partial charge in [-0.2, -0.15) is 4.80 Å². The lowest BCUT2D eigenvalue weighted by Gasteiger charge is -2.09. The maximum Gasteiger partial charge on any atom is 0.123 e. The number of aromatic nitrogens is 3. The second kappa shape index (κ2) is 11.0. The Bertz CT molecular complexity index is 2290. The summed E-state index contributed by atoms with van der Waals surface area (Å²) >= 11 is 0. The standard InChI is InChI=1S/C40H25F2N3/c41-33-19-13-29(14-20-33)26-5-7-27(8-6-26)31-17-23-35(24-18-31)45-43-39-25-38(36-3-1-2-4-37(36)40(39)44-45)32-11-9-28(10-12-32)30-15-21-34(42)22-16-30/h1-25H. The van der Waals surface area contributed by atoms with Crippen molar-refractivity contribution in [1.29, 1.82) is 0 Å². The molecular formula is C40H25F2N3. The van der Waals surface area contributed by atoms with Gasteiger partial charge < -0.3 is 0 Å². The molecule has 0 amide bonds. The Morgan fingerprint density at radius 3 is 1.29 bits per heavy atom. The molecule has 1 aromatic heterocycles. The number of halogens is 2. The van der Waals surface area contributed by atoms with Gasteiger partial charge in [-0.1, -0.05) is 109 Å². The Morgan fingerprint density at radius 2 is 0.800 bits per heavy atom. The summed E-state index contributed by atoms with van der Waals surface area (Å²) in [6.45, 7) is 0. The van der Waals surface area contributed by atoms with Gasteiger partial charge >= 0.3 is 0 Å². The summed E-state index contributed by atoms with van der Waals surface area (Å²) in [7, 11) is 0. The molecule has 7 aromatic carbocycles. The third kappa shape index (κ3) is 5.04. The molecule has 1 heterocycles. The average Bonchev–Trinajstić information content (AvgIpc) is 3.54. The summed E-state index contributed by atoms with van der Waals surface area (Å²) in [4.78, 5) is 1.69. The normalized spacial score (nSPS) is 11.3. The highest BCUT2D eigenvalue weighted by Gasteiger charge is 2.14. The number of hydrogen-bond acceptors (Lipinski definition) is 2. The zero-order valence-electron chi connectivity index (χ0n) is 24.0. The van der Waals surface area contributed by atoms with Crippen molar-refractivity contribution < 1.29 is 8.78 Å². The Hall–Kier alpha value is -5.94. The molecule has 0 saturated heterocycles. The van der Waals surface area contributed by atoms with Crippen molar-refractivity contribution in [2.45, 2.75) is 0 Å². The number of rotatable bonds is 5. The first-order valence-electron chi connectivity index (χ1n) is 14.7. The molecule has 45 heavy (non-hydrogen) atoms. The second-order valence-electron chi connectivity index (χ2n) is 11.0. The van der Waals surface area contributed by atoms with Gasteiger partial charge in [0.05, 0.1) is 5.69 Å². The second-order valence-corrected chi connectivity index (χ2v) is 11.0. The predicted molar refractivity (Wildman–Crippen MR) is 178 cm³/mol. The molecule has 0 bridgehead atoms. The van der Waals surface area contributed by atoms with Gasteiger partial charge in [-0.15, -0.1) is 10.2 Å². The largest absolute Gasteiger partial charge is 0.207 e. The van der Waals surface area contributed by atoms with Gasteiger partial charge in [0.1, 0.15) is 22.7 Å². The molecule has 0 unspecified atom stereocenters. The number of fused-ring (bicyclic) bond motifs is 3. The Morgan fingerprint density at radius 1 is 0.400 bits per heavy atom. The molecule has 0 aliphatic heterocycles. The Labute approximate surface area is 258 Å². The fourth-order valence-corrected chi connectivity index (χ4v) is 5.87. The number of nitrogens with zero attached hydrogens (tertiary/aromatic N) is 3. The van der Waals surface area contributed by atoms with Crippen molar-refractivity contribution >= 4 is 21.8 Å². The lowest BCUT2D eigenvalue weighted by atomic mass is 9.95. The molecule has 8 rings (SSSR count). The van der Waals surface area contributed by atoms with E-state index < -0.39 is 0 Å². The molecule has 0 radical (unpaired) electrons. The van der Waals surface area contributed by atoms with Crippen molar-refractivity contribution in [1.82, 2.24) is 15.0 Å². The summed E-state index contributed by atoms with van der Waals surface area (Å²) in [5.74, 6) is -0.480. The van der Waals surface area contributed by atoms with Crippen molar-refractivity contribution in [3.8, 4) is 50.2 Å². The summed E-state index contributed by atoms with van der Waals surface area (Å²) in [6, 6.07) is 48.3. The minimum Gasteiger partial charge on any atom is -0.207 e. The van der Waals surface area contributed by atoms with E-state index >= 15 is 0 Å².